The van der Waals surface area contributed by atoms with Crippen molar-refractivity contribution in [2.24, 2.45) is 0 Å². The molecule has 0 saturated carbocycles. The zero-order valence-electron chi connectivity index (χ0n) is 13.1. The molecule has 2 aromatic rings. The Bertz CT molecular complexity index is 596. The Morgan fingerprint density at radius 1 is 1.14 bits per heavy atom. The van der Waals surface area contributed by atoms with Crippen molar-refractivity contribution < 1.29 is 4.39 Å². The normalized spacial score (nSPS) is 10.5. The number of anilines is 1. The Labute approximate surface area is 132 Å². The molecule has 0 amide bonds. The largest absolute Gasteiger partial charge is 0.365 e. The molecule has 1 N–H and O–H groups in total. The molecule has 0 spiro atoms. The van der Waals surface area contributed by atoms with Gasteiger partial charge < -0.3 is 10.2 Å². The lowest BCUT2D eigenvalue weighted by Crippen LogP contribution is -2.23. The molecular formula is C19H23FN2. The van der Waals surface area contributed by atoms with Gasteiger partial charge in [-0.3, -0.25) is 0 Å². The smallest absolute Gasteiger partial charge is 0.146 e. The van der Waals surface area contributed by atoms with Gasteiger partial charge in [0.05, 0.1) is 5.69 Å². The standard InChI is InChI=1S/C19H23FN2/c1-3-12-21-14-17-10-11-18(20)19(13-17)22(4-2)15-16-8-6-5-7-9-16/h3,5-11,13,21H,1,4,12,14-15H2,2H3. The molecule has 116 valence electrons. The van der Waals surface area contributed by atoms with Crippen LogP contribution >= 0.6 is 0 Å². The van der Waals surface area contributed by atoms with Gasteiger partial charge in [0.25, 0.3) is 0 Å². The van der Waals surface area contributed by atoms with Gasteiger partial charge in [-0.05, 0) is 30.2 Å². The summed E-state index contributed by atoms with van der Waals surface area (Å²) in [6, 6.07) is 15.4. The molecule has 0 aliphatic rings. The predicted molar refractivity (Wildman–Crippen MR) is 91.5 cm³/mol. The van der Waals surface area contributed by atoms with Gasteiger partial charge in [-0.25, -0.2) is 4.39 Å². The SMILES string of the molecule is C=CCNCc1ccc(F)c(N(CC)Cc2ccccc2)c1. The summed E-state index contributed by atoms with van der Waals surface area (Å²) < 4.78 is 14.2. The van der Waals surface area contributed by atoms with Crippen LogP contribution in [0.15, 0.2) is 61.2 Å². The fourth-order valence-corrected chi connectivity index (χ4v) is 2.40. The fourth-order valence-electron chi connectivity index (χ4n) is 2.40. The van der Waals surface area contributed by atoms with Crippen molar-refractivity contribution in [2.75, 3.05) is 18.0 Å². The summed E-state index contributed by atoms with van der Waals surface area (Å²) in [5.41, 5.74) is 2.91. The number of hydrogen-bond acceptors (Lipinski definition) is 2. The highest BCUT2D eigenvalue weighted by atomic mass is 19.1. The van der Waals surface area contributed by atoms with Crippen molar-refractivity contribution in [3.8, 4) is 0 Å². The minimum absolute atomic E-state index is 0.176. The Morgan fingerprint density at radius 2 is 1.91 bits per heavy atom. The average molecular weight is 298 g/mol. The first-order valence-electron chi connectivity index (χ1n) is 7.63. The van der Waals surface area contributed by atoms with Gasteiger partial charge in [0.15, 0.2) is 0 Å². The maximum atomic E-state index is 14.2. The summed E-state index contributed by atoms with van der Waals surface area (Å²) in [6.07, 6.45) is 1.82. The number of nitrogens with one attached hydrogen (secondary N) is 1. The van der Waals surface area contributed by atoms with E-state index in [9.17, 15) is 4.39 Å². The van der Waals surface area contributed by atoms with E-state index in [1.165, 1.54) is 5.56 Å². The summed E-state index contributed by atoms with van der Waals surface area (Å²) in [6.45, 7) is 8.65. The molecule has 2 nitrogen and oxygen atoms in total. The molecular weight excluding hydrogens is 275 g/mol. The molecule has 3 heteroatoms. The summed E-state index contributed by atoms with van der Waals surface area (Å²) in [5, 5.41) is 3.25. The highest BCUT2D eigenvalue weighted by molar-refractivity contribution is 5.50. The quantitative estimate of drug-likeness (QED) is 0.582. The second kappa shape index (κ2) is 8.35. The maximum Gasteiger partial charge on any atom is 0.146 e. The molecule has 0 unspecified atom stereocenters. The van der Waals surface area contributed by atoms with E-state index < -0.39 is 0 Å². The molecule has 0 aliphatic heterocycles. The number of halogens is 1. The number of benzene rings is 2. The summed E-state index contributed by atoms with van der Waals surface area (Å²) in [7, 11) is 0. The minimum Gasteiger partial charge on any atom is -0.365 e. The lowest BCUT2D eigenvalue weighted by Gasteiger charge is -2.24. The highest BCUT2D eigenvalue weighted by Crippen LogP contribution is 2.23. The third-order valence-electron chi connectivity index (χ3n) is 3.57. The lowest BCUT2D eigenvalue weighted by molar-refractivity contribution is 0.616. The second-order valence-electron chi connectivity index (χ2n) is 5.21. The molecule has 0 fully saturated rings. The summed E-state index contributed by atoms with van der Waals surface area (Å²) >= 11 is 0. The van der Waals surface area contributed by atoms with E-state index >= 15 is 0 Å². The van der Waals surface area contributed by atoms with Crippen molar-refractivity contribution in [3.63, 3.8) is 0 Å². The van der Waals surface area contributed by atoms with Crippen LogP contribution in [0.2, 0.25) is 0 Å². The molecule has 0 heterocycles. The fraction of sp³-hybridized carbons (Fsp3) is 0.263. The molecule has 22 heavy (non-hydrogen) atoms. The van der Waals surface area contributed by atoms with Crippen LogP contribution in [-0.4, -0.2) is 13.1 Å². The van der Waals surface area contributed by atoms with Crippen molar-refractivity contribution in [1.82, 2.24) is 5.32 Å². The summed E-state index contributed by atoms with van der Waals surface area (Å²) in [4.78, 5) is 2.06. The van der Waals surface area contributed by atoms with E-state index in [4.69, 9.17) is 0 Å². The van der Waals surface area contributed by atoms with Gasteiger partial charge in [-0.15, -0.1) is 6.58 Å². The van der Waals surface area contributed by atoms with Gasteiger partial charge in [0, 0.05) is 26.2 Å². The number of hydrogen-bond donors (Lipinski definition) is 1. The van der Waals surface area contributed by atoms with Crippen LogP contribution in [0.3, 0.4) is 0 Å². The van der Waals surface area contributed by atoms with Crippen LogP contribution in [0.5, 0.6) is 0 Å². The first-order valence-corrected chi connectivity index (χ1v) is 7.63. The van der Waals surface area contributed by atoms with Crippen molar-refractivity contribution >= 4 is 5.69 Å². The molecule has 0 atom stereocenters. The Morgan fingerprint density at radius 3 is 2.59 bits per heavy atom. The summed E-state index contributed by atoms with van der Waals surface area (Å²) in [5.74, 6) is -0.176. The molecule has 0 saturated heterocycles. The maximum absolute atomic E-state index is 14.2. The van der Waals surface area contributed by atoms with Crippen molar-refractivity contribution in [3.05, 3.63) is 78.1 Å². The third-order valence-corrected chi connectivity index (χ3v) is 3.57. The second-order valence-corrected chi connectivity index (χ2v) is 5.21. The van der Waals surface area contributed by atoms with E-state index in [1.807, 2.05) is 43.3 Å². The highest BCUT2D eigenvalue weighted by Gasteiger charge is 2.11. The molecule has 0 bridgehead atoms. The van der Waals surface area contributed by atoms with Gasteiger partial charge >= 0.3 is 0 Å². The van der Waals surface area contributed by atoms with E-state index in [2.05, 4.69) is 28.9 Å². The van der Waals surface area contributed by atoms with Crippen LogP contribution in [-0.2, 0) is 13.1 Å². The van der Waals surface area contributed by atoms with Crippen LogP contribution in [0, 0.1) is 5.82 Å². The molecule has 2 aromatic carbocycles. The molecule has 0 aliphatic carbocycles. The minimum atomic E-state index is -0.176. The van der Waals surface area contributed by atoms with Crippen LogP contribution in [0.4, 0.5) is 10.1 Å². The Kier molecular flexibility index (Phi) is 6.16. The van der Waals surface area contributed by atoms with Gasteiger partial charge in [0.2, 0.25) is 0 Å². The molecule has 0 radical (unpaired) electrons. The number of nitrogens with zero attached hydrogens (tertiary/aromatic N) is 1. The average Bonchev–Trinajstić information content (AvgIpc) is 2.55. The molecule has 0 aromatic heterocycles. The van der Waals surface area contributed by atoms with E-state index in [0.717, 1.165) is 18.7 Å². The number of rotatable bonds is 8. The monoisotopic (exact) mass is 298 g/mol. The first kappa shape index (κ1) is 16.2. The van der Waals surface area contributed by atoms with Gasteiger partial charge in [-0.1, -0.05) is 42.5 Å². The molecule has 2 rings (SSSR count). The van der Waals surface area contributed by atoms with E-state index in [1.54, 1.807) is 6.07 Å². The lowest BCUT2D eigenvalue weighted by atomic mass is 10.1. The predicted octanol–water partition coefficient (Wildman–Crippen LogP) is 4.13. The topological polar surface area (TPSA) is 15.3 Å². The van der Waals surface area contributed by atoms with Gasteiger partial charge in [0.1, 0.15) is 5.82 Å². The zero-order valence-corrected chi connectivity index (χ0v) is 13.1. The van der Waals surface area contributed by atoms with Crippen LogP contribution in [0.1, 0.15) is 18.1 Å². The van der Waals surface area contributed by atoms with E-state index in [0.29, 0.717) is 18.8 Å². The Balaban J connectivity index is 2.16. The van der Waals surface area contributed by atoms with Crippen molar-refractivity contribution in [2.45, 2.75) is 20.0 Å². The van der Waals surface area contributed by atoms with Crippen molar-refractivity contribution in [1.29, 1.82) is 0 Å². The van der Waals surface area contributed by atoms with Crippen LogP contribution in [0.25, 0.3) is 0 Å². The van der Waals surface area contributed by atoms with Gasteiger partial charge in [-0.2, -0.15) is 0 Å². The Hall–Kier alpha value is -2.13. The van der Waals surface area contributed by atoms with E-state index in [-0.39, 0.29) is 5.82 Å². The first-order chi connectivity index (χ1) is 10.7. The zero-order chi connectivity index (χ0) is 15.8. The third kappa shape index (κ3) is 4.43. The van der Waals surface area contributed by atoms with Crippen LogP contribution < -0.4 is 10.2 Å².